The Morgan fingerprint density at radius 3 is 3.09 bits per heavy atom. The zero-order valence-electron chi connectivity index (χ0n) is 12.9. The summed E-state index contributed by atoms with van der Waals surface area (Å²) in [5.41, 5.74) is 2.15. The molecule has 0 saturated heterocycles. The van der Waals surface area contributed by atoms with Crippen molar-refractivity contribution >= 4 is 23.2 Å². The van der Waals surface area contributed by atoms with E-state index in [1.54, 1.807) is 11.3 Å². The molecule has 2 aromatic rings. The van der Waals surface area contributed by atoms with E-state index < -0.39 is 0 Å². The Labute approximate surface area is 134 Å². The third kappa shape index (κ3) is 3.22. The molecule has 1 aliphatic rings. The molecule has 0 aromatic carbocycles. The molecule has 0 bridgehead atoms. The van der Waals surface area contributed by atoms with Crippen LogP contribution in [0.2, 0.25) is 0 Å². The second-order valence-corrected chi connectivity index (χ2v) is 6.58. The fourth-order valence-electron chi connectivity index (χ4n) is 2.51. The predicted octanol–water partition coefficient (Wildman–Crippen LogP) is 2.48. The van der Waals surface area contributed by atoms with Crippen molar-refractivity contribution in [3.63, 3.8) is 0 Å². The highest BCUT2D eigenvalue weighted by Crippen LogP contribution is 2.23. The second kappa shape index (κ2) is 6.36. The van der Waals surface area contributed by atoms with Gasteiger partial charge in [-0.3, -0.25) is 0 Å². The first-order valence-electron chi connectivity index (χ1n) is 7.35. The maximum atomic E-state index is 12.3. The number of anilines is 1. The molecular weight excluding hydrogens is 296 g/mol. The van der Waals surface area contributed by atoms with Crippen molar-refractivity contribution in [3.8, 4) is 0 Å². The van der Waals surface area contributed by atoms with E-state index in [1.165, 1.54) is 10.4 Å². The summed E-state index contributed by atoms with van der Waals surface area (Å²) < 4.78 is 0. The number of nitrogens with zero attached hydrogens (tertiary/aromatic N) is 3. The molecule has 1 N–H and O–H groups in total. The van der Waals surface area contributed by atoms with Gasteiger partial charge in [0.2, 0.25) is 0 Å². The molecule has 0 saturated carbocycles. The summed E-state index contributed by atoms with van der Waals surface area (Å²) in [4.78, 5) is 22.0. The largest absolute Gasteiger partial charge is 0.363 e. The quantitative estimate of drug-likeness (QED) is 0.946. The molecule has 1 aliphatic heterocycles. The molecule has 0 spiro atoms. The lowest BCUT2D eigenvalue weighted by molar-refractivity contribution is 0.192. The van der Waals surface area contributed by atoms with Crippen LogP contribution in [0.25, 0.3) is 0 Å². The van der Waals surface area contributed by atoms with Crippen LogP contribution in [-0.2, 0) is 19.5 Å². The Bertz CT molecular complexity index is 668. The summed E-state index contributed by atoms with van der Waals surface area (Å²) in [6, 6.07) is 7.94. The summed E-state index contributed by atoms with van der Waals surface area (Å²) in [5.74, 6) is 0.896. The molecule has 0 unspecified atom stereocenters. The first-order chi connectivity index (χ1) is 10.6. The Hall–Kier alpha value is -2.08. The average molecular weight is 316 g/mol. The fraction of sp³-hybridized carbons (Fsp3) is 0.375. The summed E-state index contributed by atoms with van der Waals surface area (Å²) in [5, 5.41) is 5.07. The highest BCUT2D eigenvalue weighted by atomic mass is 32.1. The van der Waals surface area contributed by atoms with Crippen molar-refractivity contribution in [1.29, 1.82) is 0 Å². The van der Waals surface area contributed by atoms with E-state index in [1.807, 2.05) is 42.1 Å². The lowest BCUT2D eigenvalue weighted by Gasteiger charge is -2.27. The molecule has 0 fully saturated rings. The van der Waals surface area contributed by atoms with Crippen LogP contribution in [-0.4, -0.2) is 36.6 Å². The van der Waals surface area contributed by atoms with Gasteiger partial charge >= 0.3 is 6.03 Å². The van der Waals surface area contributed by atoms with Gasteiger partial charge in [-0.15, -0.1) is 11.3 Å². The van der Waals surface area contributed by atoms with E-state index in [9.17, 15) is 4.79 Å². The normalized spacial score (nSPS) is 13.6. The Kier molecular flexibility index (Phi) is 4.29. The van der Waals surface area contributed by atoms with Crippen LogP contribution in [0.5, 0.6) is 0 Å². The molecule has 0 aliphatic carbocycles. The maximum Gasteiger partial charge on any atom is 0.318 e. The van der Waals surface area contributed by atoms with E-state index in [0.717, 1.165) is 24.5 Å². The standard InChI is InChI=1S/C16H20N4OS/c1-19(2)15-5-3-4-13(18-15)10-17-16(21)20-8-6-14-12(11-20)7-9-22-14/h3-5,7,9H,6,8,10-11H2,1-2H3,(H,17,21). The van der Waals surface area contributed by atoms with Gasteiger partial charge < -0.3 is 15.1 Å². The first kappa shape index (κ1) is 14.8. The van der Waals surface area contributed by atoms with Gasteiger partial charge in [-0.05, 0) is 35.6 Å². The smallest absolute Gasteiger partial charge is 0.318 e. The molecule has 3 rings (SSSR count). The van der Waals surface area contributed by atoms with Crippen LogP contribution in [0.15, 0.2) is 29.6 Å². The number of hydrogen-bond acceptors (Lipinski definition) is 4. The number of fused-ring (bicyclic) bond motifs is 1. The number of nitrogens with one attached hydrogen (secondary N) is 1. The highest BCUT2D eigenvalue weighted by molar-refractivity contribution is 7.10. The van der Waals surface area contributed by atoms with Crippen LogP contribution in [0, 0.1) is 0 Å². The molecule has 116 valence electrons. The molecule has 2 aromatic heterocycles. The van der Waals surface area contributed by atoms with Crippen LogP contribution >= 0.6 is 11.3 Å². The monoisotopic (exact) mass is 316 g/mol. The van der Waals surface area contributed by atoms with Gasteiger partial charge in [0.15, 0.2) is 0 Å². The Morgan fingerprint density at radius 2 is 2.27 bits per heavy atom. The number of rotatable bonds is 3. The molecule has 2 amide bonds. The van der Waals surface area contributed by atoms with E-state index in [-0.39, 0.29) is 6.03 Å². The topological polar surface area (TPSA) is 48.5 Å². The first-order valence-corrected chi connectivity index (χ1v) is 8.23. The molecule has 5 nitrogen and oxygen atoms in total. The molecule has 3 heterocycles. The number of urea groups is 1. The fourth-order valence-corrected chi connectivity index (χ4v) is 3.40. The Balaban J connectivity index is 1.58. The minimum absolute atomic E-state index is 0.0195. The number of thiophene rings is 1. The minimum Gasteiger partial charge on any atom is -0.363 e. The molecule has 22 heavy (non-hydrogen) atoms. The number of hydrogen-bond donors (Lipinski definition) is 1. The van der Waals surface area contributed by atoms with Gasteiger partial charge in [0.05, 0.1) is 12.2 Å². The van der Waals surface area contributed by atoms with Crippen molar-refractivity contribution in [2.24, 2.45) is 0 Å². The van der Waals surface area contributed by atoms with Crippen LogP contribution in [0.3, 0.4) is 0 Å². The maximum absolute atomic E-state index is 12.3. The van der Waals surface area contributed by atoms with E-state index in [2.05, 4.69) is 21.7 Å². The summed E-state index contributed by atoms with van der Waals surface area (Å²) >= 11 is 1.78. The zero-order valence-corrected chi connectivity index (χ0v) is 13.7. The zero-order chi connectivity index (χ0) is 15.5. The third-order valence-electron chi connectivity index (χ3n) is 3.77. The van der Waals surface area contributed by atoms with E-state index >= 15 is 0 Å². The minimum atomic E-state index is -0.0195. The van der Waals surface area contributed by atoms with Gasteiger partial charge in [-0.25, -0.2) is 9.78 Å². The lowest BCUT2D eigenvalue weighted by atomic mass is 10.1. The second-order valence-electron chi connectivity index (χ2n) is 5.58. The van der Waals surface area contributed by atoms with Crippen molar-refractivity contribution in [1.82, 2.24) is 15.2 Å². The molecule has 0 atom stereocenters. The number of pyridine rings is 1. The lowest BCUT2D eigenvalue weighted by Crippen LogP contribution is -2.42. The average Bonchev–Trinajstić information content (AvgIpc) is 3.00. The van der Waals surface area contributed by atoms with Gasteiger partial charge in [-0.2, -0.15) is 0 Å². The van der Waals surface area contributed by atoms with Crippen LogP contribution in [0.4, 0.5) is 10.6 Å². The Morgan fingerprint density at radius 1 is 1.41 bits per heavy atom. The highest BCUT2D eigenvalue weighted by Gasteiger charge is 2.21. The number of carbonyl (C=O) groups excluding carboxylic acids is 1. The number of aromatic nitrogens is 1. The van der Waals surface area contributed by atoms with Crippen molar-refractivity contribution < 1.29 is 4.79 Å². The van der Waals surface area contributed by atoms with Gasteiger partial charge in [0.1, 0.15) is 5.82 Å². The summed E-state index contributed by atoms with van der Waals surface area (Å²) in [6.45, 7) is 1.94. The van der Waals surface area contributed by atoms with Crippen LogP contribution in [0.1, 0.15) is 16.1 Å². The predicted molar refractivity (Wildman–Crippen MR) is 89.2 cm³/mol. The van der Waals surface area contributed by atoms with Crippen molar-refractivity contribution in [2.45, 2.75) is 19.5 Å². The van der Waals surface area contributed by atoms with E-state index in [0.29, 0.717) is 13.1 Å². The number of carbonyl (C=O) groups is 1. The summed E-state index contributed by atoms with van der Waals surface area (Å²) in [7, 11) is 3.91. The van der Waals surface area contributed by atoms with E-state index in [4.69, 9.17) is 0 Å². The van der Waals surface area contributed by atoms with Crippen molar-refractivity contribution in [2.75, 3.05) is 25.5 Å². The van der Waals surface area contributed by atoms with Gasteiger partial charge in [-0.1, -0.05) is 6.07 Å². The number of amides is 2. The summed E-state index contributed by atoms with van der Waals surface area (Å²) in [6.07, 6.45) is 0.953. The third-order valence-corrected chi connectivity index (χ3v) is 4.79. The van der Waals surface area contributed by atoms with Crippen LogP contribution < -0.4 is 10.2 Å². The molecular formula is C16H20N4OS. The SMILES string of the molecule is CN(C)c1cccc(CNC(=O)N2CCc3sccc3C2)n1. The van der Waals surface area contributed by atoms with Gasteiger partial charge in [0, 0.05) is 32.1 Å². The molecule has 6 heteroatoms. The van der Waals surface area contributed by atoms with Gasteiger partial charge in [0.25, 0.3) is 0 Å². The van der Waals surface area contributed by atoms with Crippen molar-refractivity contribution in [3.05, 3.63) is 45.8 Å². The molecule has 0 radical (unpaired) electrons.